The smallest absolute Gasteiger partial charge is 0.194 e. The minimum Gasteiger partial charge on any atom is -0.469 e. The molecule has 7 heteroatoms. The minimum atomic E-state index is -2.86. The molecule has 1 aliphatic heterocycles. The number of nitrogens with one attached hydrogen (secondary N) is 1. The molecule has 27 heavy (non-hydrogen) atoms. The average molecular weight is 394 g/mol. The molecule has 2 heterocycles. The quantitative estimate of drug-likeness (QED) is 0.615. The van der Waals surface area contributed by atoms with Gasteiger partial charge in [-0.3, -0.25) is 4.99 Å². The molecular formula is C20H31N3O3S. The van der Waals surface area contributed by atoms with Crippen molar-refractivity contribution >= 4 is 15.8 Å². The fourth-order valence-corrected chi connectivity index (χ4v) is 6.85. The molecule has 4 unspecified atom stereocenters. The Bertz CT molecular complexity index is 801. The summed E-state index contributed by atoms with van der Waals surface area (Å²) in [6, 6.07) is 2.51. The van der Waals surface area contributed by atoms with E-state index in [4.69, 9.17) is 9.41 Å². The number of hydrogen-bond acceptors (Lipinski definition) is 4. The first-order valence-electron chi connectivity index (χ1n) is 10.1. The Kier molecular flexibility index (Phi) is 5.23. The molecule has 2 bridgehead atoms. The molecule has 150 valence electrons. The molecule has 0 spiro atoms. The summed E-state index contributed by atoms with van der Waals surface area (Å²) in [6.07, 6.45) is 7.73. The first kappa shape index (κ1) is 18.8. The summed E-state index contributed by atoms with van der Waals surface area (Å²) >= 11 is 0. The maximum absolute atomic E-state index is 11.7. The van der Waals surface area contributed by atoms with Crippen molar-refractivity contribution in [3.05, 3.63) is 23.7 Å². The summed E-state index contributed by atoms with van der Waals surface area (Å²) in [5, 5.41) is 3.72. The van der Waals surface area contributed by atoms with Crippen LogP contribution in [0.1, 0.15) is 43.4 Å². The highest BCUT2D eigenvalue weighted by atomic mass is 32.2. The number of guanidine groups is 1. The Morgan fingerprint density at radius 1 is 1.33 bits per heavy atom. The monoisotopic (exact) mass is 393 g/mol. The molecule has 0 radical (unpaired) electrons. The van der Waals surface area contributed by atoms with Crippen molar-refractivity contribution in [3.63, 3.8) is 0 Å². The second kappa shape index (κ2) is 7.49. The molecule has 1 aromatic rings. The molecule has 1 N–H and O–H groups in total. The second-order valence-electron chi connectivity index (χ2n) is 8.72. The molecule has 1 aromatic heterocycles. The van der Waals surface area contributed by atoms with Crippen molar-refractivity contribution in [2.75, 3.05) is 25.1 Å². The number of aliphatic imine (C=N–C) groups is 1. The van der Waals surface area contributed by atoms with Gasteiger partial charge in [-0.15, -0.1) is 0 Å². The normalized spacial score (nSPS) is 32.1. The summed E-state index contributed by atoms with van der Waals surface area (Å²) < 4.78 is 28.9. The zero-order valence-corrected chi connectivity index (χ0v) is 17.2. The number of rotatable bonds is 5. The molecule has 3 aliphatic rings. The Balaban J connectivity index is 1.45. The van der Waals surface area contributed by atoms with Gasteiger partial charge in [0.25, 0.3) is 0 Å². The topological polar surface area (TPSA) is 74.9 Å². The van der Waals surface area contributed by atoms with Gasteiger partial charge >= 0.3 is 0 Å². The third-order valence-corrected chi connectivity index (χ3v) is 8.45. The van der Waals surface area contributed by atoms with Gasteiger partial charge in [0.05, 0.1) is 17.8 Å². The Labute approximate surface area is 162 Å². The van der Waals surface area contributed by atoms with E-state index in [9.17, 15) is 8.42 Å². The van der Waals surface area contributed by atoms with Crippen LogP contribution in [0.5, 0.6) is 0 Å². The van der Waals surface area contributed by atoms with Crippen LogP contribution in [0.25, 0.3) is 0 Å². The van der Waals surface area contributed by atoms with Crippen LogP contribution >= 0.6 is 0 Å². The SMILES string of the molecule is Cc1occc1CN(C)C(=NCC1CCS(=O)(=O)C1)NC1CC2CCC1C2. The van der Waals surface area contributed by atoms with Gasteiger partial charge in [0, 0.05) is 31.7 Å². The number of furan rings is 1. The van der Waals surface area contributed by atoms with Crippen LogP contribution in [-0.4, -0.2) is 50.4 Å². The first-order chi connectivity index (χ1) is 12.9. The molecule has 2 saturated carbocycles. The summed E-state index contributed by atoms with van der Waals surface area (Å²) in [4.78, 5) is 7.01. The van der Waals surface area contributed by atoms with Gasteiger partial charge < -0.3 is 14.6 Å². The molecular weight excluding hydrogens is 362 g/mol. The highest BCUT2D eigenvalue weighted by Gasteiger charge is 2.40. The average Bonchev–Trinajstić information content (AvgIpc) is 3.38. The van der Waals surface area contributed by atoms with Crippen molar-refractivity contribution in [1.29, 1.82) is 0 Å². The molecule has 6 nitrogen and oxygen atoms in total. The number of sulfone groups is 1. The molecule has 3 fully saturated rings. The molecule has 0 amide bonds. The van der Waals surface area contributed by atoms with Crippen LogP contribution < -0.4 is 5.32 Å². The maximum Gasteiger partial charge on any atom is 0.194 e. The van der Waals surface area contributed by atoms with E-state index < -0.39 is 9.84 Å². The second-order valence-corrected chi connectivity index (χ2v) is 10.9. The molecule has 0 aromatic carbocycles. The van der Waals surface area contributed by atoms with E-state index in [1.807, 2.05) is 13.0 Å². The lowest BCUT2D eigenvalue weighted by Gasteiger charge is -2.29. The fourth-order valence-electron chi connectivity index (χ4n) is 5.00. The largest absolute Gasteiger partial charge is 0.469 e. The Morgan fingerprint density at radius 2 is 2.19 bits per heavy atom. The van der Waals surface area contributed by atoms with Crippen molar-refractivity contribution in [2.24, 2.45) is 22.7 Å². The predicted molar refractivity (Wildman–Crippen MR) is 106 cm³/mol. The lowest BCUT2D eigenvalue weighted by Crippen LogP contribution is -2.46. The first-order valence-corrected chi connectivity index (χ1v) is 12.0. The van der Waals surface area contributed by atoms with Crippen LogP contribution in [0.15, 0.2) is 21.7 Å². The van der Waals surface area contributed by atoms with Gasteiger partial charge in [-0.2, -0.15) is 0 Å². The highest BCUT2D eigenvalue weighted by molar-refractivity contribution is 7.91. The van der Waals surface area contributed by atoms with Crippen LogP contribution in [0.3, 0.4) is 0 Å². The number of fused-ring (bicyclic) bond motifs is 2. The van der Waals surface area contributed by atoms with E-state index in [0.29, 0.717) is 18.3 Å². The lowest BCUT2D eigenvalue weighted by atomic mass is 9.95. The summed E-state index contributed by atoms with van der Waals surface area (Å²) in [5.74, 6) is 4.21. The van der Waals surface area contributed by atoms with Gasteiger partial charge in [-0.1, -0.05) is 6.42 Å². The van der Waals surface area contributed by atoms with Crippen molar-refractivity contribution in [3.8, 4) is 0 Å². The van der Waals surface area contributed by atoms with Crippen molar-refractivity contribution in [1.82, 2.24) is 10.2 Å². The lowest BCUT2D eigenvalue weighted by molar-refractivity contribution is 0.366. The fraction of sp³-hybridized carbons (Fsp3) is 0.750. The summed E-state index contributed by atoms with van der Waals surface area (Å²) in [7, 11) is -0.803. The standard InChI is InChI=1S/C20H31N3O3S/c1-14-18(5-7-26-14)12-23(2)20(21-11-16-6-8-27(24,25)13-16)22-19-10-15-3-4-17(19)9-15/h5,7,15-17,19H,3-4,6,8-13H2,1-2H3,(H,21,22). The predicted octanol–water partition coefficient (Wildman–Crippen LogP) is 2.59. The zero-order chi connectivity index (χ0) is 19.0. The van der Waals surface area contributed by atoms with E-state index in [1.165, 1.54) is 25.7 Å². The third-order valence-electron chi connectivity index (χ3n) is 6.61. The molecule has 2 aliphatic carbocycles. The van der Waals surface area contributed by atoms with Gasteiger partial charge in [-0.25, -0.2) is 8.42 Å². The number of hydrogen-bond donors (Lipinski definition) is 1. The van der Waals surface area contributed by atoms with Gasteiger partial charge in [0.2, 0.25) is 0 Å². The van der Waals surface area contributed by atoms with Crippen LogP contribution in [0.4, 0.5) is 0 Å². The van der Waals surface area contributed by atoms with Gasteiger partial charge in [-0.05, 0) is 56.4 Å². The Hall–Kier alpha value is -1.50. The molecule has 1 saturated heterocycles. The molecule has 4 atom stereocenters. The van der Waals surface area contributed by atoms with E-state index in [1.54, 1.807) is 6.26 Å². The van der Waals surface area contributed by atoms with E-state index in [-0.39, 0.29) is 11.7 Å². The van der Waals surface area contributed by atoms with Gasteiger partial charge in [0.1, 0.15) is 5.76 Å². The maximum atomic E-state index is 11.7. The van der Waals surface area contributed by atoms with E-state index in [2.05, 4.69) is 17.3 Å². The summed E-state index contributed by atoms with van der Waals surface area (Å²) in [5.41, 5.74) is 1.16. The summed E-state index contributed by atoms with van der Waals surface area (Å²) in [6.45, 7) is 3.29. The van der Waals surface area contributed by atoms with Crippen molar-refractivity contribution < 1.29 is 12.8 Å². The van der Waals surface area contributed by atoms with Gasteiger partial charge in [0.15, 0.2) is 15.8 Å². The minimum absolute atomic E-state index is 0.149. The Morgan fingerprint density at radius 3 is 2.78 bits per heavy atom. The molecule has 4 rings (SSSR count). The highest BCUT2D eigenvalue weighted by Crippen LogP contribution is 2.44. The van der Waals surface area contributed by atoms with Crippen molar-refractivity contribution in [2.45, 2.75) is 51.6 Å². The number of nitrogens with zero attached hydrogens (tertiary/aromatic N) is 2. The third kappa shape index (κ3) is 4.33. The number of aryl methyl sites for hydroxylation is 1. The zero-order valence-electron chi connectivity index (χ0n) is 16.4. The van der Waals surface area contributed by atoms with E-state index in [0.717, 1.165) is 42.1 Å². The van der Waals surface area contributed by atoms with Crippen LogP contribution in [0.2, 0.25) is 0 Å². The van der Waals surface area contributed by atoms with E-state index >= 15 is 0 Å². The van der Waals surface area contributed by atoms with Crippen LogP contribution in [-0.2, 0) is 16.4 Å². The van der Waals surface area contributed by atoms with Crippen LogP contribution in [0, 0.1) is 24.7 Å².